The molecular formula is C16H25N3O. The van der Waals surface area contributed by atoms with Gasteiger partial charge in [0.2, 0.25) is 5.91 Å². The molecule has 1 fully saturated rings. The van der Waals surface area contributed by atoms with Crippen molar-refractivity contribution < 1.29 is 4.79 Å². The molecule has 20 heavy (non-hydrogen) atoms. The van der Waals surface area contributed by atoms with Crippen molar-refractivity contribution in [3.63, 3.8) is 0 Å². The number of hydrogen-bond acceptors (Lipinski definition) is 3. The van der Waals surface area contributed by atoms with E-state index in [4.69, 9.17) is 11.5 Å². The second-order valence-electron chi connectivity index (χ2n) is 5.82. The molecule has 4 nitrogen and oxygen atoms in total. The Kier molecular flexibility index (Phi) is 5.15. The Morgan fingerprint density at radius 1 is 1.25 bits per heavy atom. The van der Waals surface area contributed by atoms with E-state index < -0.39 is 0 Å². The fourth-order valence-corrected chi connectivity index (χ4v) is 3.22. The first-order valence-electron chi connectivity index (χ1n) is 7.41. The number of amides is 1. The molecule has 0 radical (unpaired) electrons. The summed E-state index contributed by atoms with van der Waals surface area (Å²) in [6.07, 6.45) is 5.08. The van der Waals surface area contributed by atoms with Crippen LogP contribution in [0.1, 0.15) is 41.6 Å². The minimum atomic E-state index is -0.375. The monoisotopic (exact) mass is 275 g/mol. The highest BCUT2D eigenvalue weighted by Crippen LogP contribution is 2.28. The van der Waals surface area contributed by atoms with Gasteiger partial charge in [0, 0.05) is 18.2 Å². The Balaban J connectivity index is 1.99. The SMILES string of the molecule is CN(Cc1ccc(C(N)=O)cc1)C1CCCCC1CN. The third kappa shape index (κ3) is 3.58. The van der Waals surface area contributed by atoms with Crippen LogP contribution in [-0.4, -0.2) is 30.4 Å². The molecule has 4 N–H and O–H groups in total. The molecule has 2 rings (SSSR count). The van der Waals surface area contributed by atoms with Gasteiger partial charge in [-0.25, -0.2) is 0 Å². The normalized spacial score (nSPS) is 22.9. The zero-order chi connectivity index (χ0) is 14.5. The first-order valence-corrected chi connectivity index (χ1v) is 7.41. The van der Waals surface area contributed by atoms with Gasteiger partial charge in [0.05, 0.1) is 0 Å². The lowest BCUT2D eigenvalue weighted by Gasteiger charge is -2.37. The van der Waals surface area contributed by atoms with E-state index in [1.54, 1.807) is 12.1 Å². The van der Waals surface area contributed by atoms with Crippen LogP contribution in [-0.2, 0) is 6.54 Å². The lowest BCUT2D eigenvalue weighted by molar-refractivity contribution is 0.1000. The van der Waals surface area contributed by atoms with Gasteiger partial charge >= 0.3 is 0 Å². The molecule has 0 saturated heterocycles. The maximum absolute atomic E-state index is 11.1. The lowest BCUT2D eigenvalue weighted by atomic mass is 9.83. The maximum Gasteiger partial charge on any atom is 0.248 e. The van der Waals surface area contributed by atoms with Crippen LogP contribution in [0.5, 0.6) is 0 Å². The van der Waals surface area contributed by atoms with Crippen molar-refractivity contribution in [1.29, 1.82) is 0 Å². The molecule has 0 spiro atoms. The summed E-state index contributed by atoms with van der Waals surface area (Å²) < 4.78 is 0. The van der Waals surface area contributed by atoms with Gasteiger partial charge in [-0.3, -0.25) is 9.69 Å². The topological polar surface area (TPSA) is 72.3 Å². The number of rotatable bonds is 5. The van der Waals surface area contributed by atoms with E-state index >= 15 is 0 Å². The third-order valence-electron chi connectivity index (χ3n) is 4.41. The van der Waals surface area contributed by atoms with Gasteiger partial charge in [-0.1, -0.05) is 25.0 Å². The van der Waals surface area contributed by atoms with Crippen LogP contribution in [0, 0.1) is 5.92 Å². The van der Waals surface area contributed by atoms with E-state index in [1.165, 1.54) is 31.2 Å². The molecular weight excluding hydrogens is 250 g/mol. The van der Waals surface area contributed by atoms with Crippen molar-refractivity contribution in [2.45, 2.75) is 38.3 Å². The number of hydrogen-bond donors (Lipinski definition) is 2. The minimum absolute atomic E-state index is 0.375. The van der Waals surface area contributed by atoms with Crippen molar-refractivity contribution in [2.24, 2.45) is 17.4 Å². The summed E-state index contributed by atoms with van der Waals surface area (Å²) in [6, 6.07) is 8.14. The maximum atomic E-state index is 11.1. The summed E-state index contributed by atoms with van der Waals surface area (Å²) in [6.45, 7) is 1.66. The summed E-state index contributed by atoms with van der Waals surface area (Å²) in [5.41, 5.74) is 12.9. The van der Waals surface area contributed by atoms with Crippen molar-refractivity contribution in [3.8, 4) is 0 Å². The van der Waals surface area contributed by atoms with E-state index in [0.717, 1.165) is 13.1 Å². The molecule has 0 bridgehead atoms. The fraction of sp³-hybridized carbons (Fsp3) is 0.562. The first-order chi connectivity index (χ1) is 9.61. The van der Waals surface area contributed by atoms with Crippen LogP contribution in [0.3, 0.4) is 0 Å². The number of nitrogens with two attached hydrogens (primary N) is 2. The van der Waals surface area contributed by atoms with E-state index in [2.05, 4.69) is 11.9 Å². The third-order valence-corrected chi connectivity index (χ3v) is 4.41. The molecule has 4 heteroatoms. The molecule has 1 saturated carbocycles. The Bertz CT molecular complexity index is 444. The van der Waals surface area contributed by atoms with E-state index in [1.807, 2.05) is 12.1 Å². The van der Waals surface area contributed by atoms with Crippen molar-refractivity contribution >= 4 is 5.91 Å². The minimum Gasteiger partial charge on any atom is -0.366 e. The smallest absolute Gasteiger partial charge is 0.248 e. The van der Waals surface area contributed by atoms with Gasteiger partial charge in [-0.05, 0) is 50.0 Å². The van der Waals surface area contributed by atoms with Crippen LogP contribution >= 0.6 is 0 Å². The van der Waals surface area contributed by atoms with E-state index in [0.29, 0.717) is 17.5 Å². The zero-order valence-corrected chi connectivity index (χ0v) is 12.2. The number of carbonyl (C=O) groups excluding carboxylic acids is 1. The number of benzene rings is 1. The predicted molar refractivity (Wildman–Crippen MR) is 81.2 cm³/mol. The van der Waals surface area contributed by atoms with E-state index in [-0.39, 0.29) is 5.91 Å². The molecule has 1 aliphatic rings. The predicted octanol–water partition coefficient (Wildman–Crippen LogP) is 1.73. The van der Waals surface area contributed by atoms with Crippen LogP contribution < -0.4 is 11.5 Å². The molecule has 1 aromatic carbocycles. The van der Waals surface area contributed by atoms with Crippen molar-refractivity contribution in [1.82, 2.24) is 4.90 Å². The molecule has 1 aliphatic carbocycles. The van der Waals surface area contributed by atoms with Crippen molar-refractivity contribution in [3.05, 3.63) is 35.4 Å². The highest BCUT2D eigenvalue weighted by Gasteiger charge is 2.27. The van der Waals surface area contributed by atoms with Crippen LogP contribution in [0.2, 0.25) is 0 Å². The summed E-state index contributed by atoms with van der Waals surface area (Å²) in [5.74, 6) is 0.235. The van der Waals surface area contributed by atoms with Gasteiger partial charge < -0.3 is 11.5 Å². The Hall–Kier alpha value is -1.39. The fourth-order valence-electron chi connectivity index (χ4n) is 3.22. The van der Waals surface area contributed by atoms with Crippen LogP contribution in [0.15, 0.2) is 24.3 Å². The second-order valence-corrected chi connectivity index (χ2v) is 5.82. The number of nitrogens with zero attached hydrogens (tertiary/aromatic N) is 1. The molecule has 2 unspecified atom stereocenters. The van der Waals surface area contributed by atoms with Gasteiger partial charge in [0.25, 0.3) is 0 Å². The second kappa shape index (κ2) is 6.86. The molecule has 2 atom stereocenters. The summed E-state index contributed by atoms with van der Waals surface area (Å²) >= 11 is 0. The summed E-state index contributed by atoms with van der Waals surface area (Å²) in [7, 11) is 2.17. The van der Waals surface area contributed by atoms with Crippen LogP contribution in [0.25, 0.3) is 0 Å². The van der Waals surface area contributed by atoms with Gasteiger partial charge in [0.15, 0.2) is 0 Å². The quantitative estimate of drug-likeness (QED) is 0.859. The molecule has 1 aromatic rings. The summed E-state index contributed by atoms with van der Waals surface area (Å²) in [5, 5.41) is 0. The largest absolute Gasteiger partial charge is 0.366 e. The first kappa shape index (κ1) is 15.0. The number of primary amides is 1. The summed E-state index contributed by atoms with van der Waals surface area (Å²) in [4.78, 5) is 13.5. The lowest BCUT2D eigenvalue weighted by Crippen LogP contribution is -2.42. The highest BCUT2D eigenvalue weighted by atomic mass is 16.1. The Morgan fingerprint density at radius 3 is 2.50 bits per heavy atom. The molecule has 1 amide bonds. The van der Waals surface area contributed by atoms with Crippen molar-refractivity contribution in [2.75, 3.05) is 13.6 Å². The average Bonchev–Trinajstić information content (AvgIpc) is 2.47. The molecule has 110 valence electrons. The Labute approximate surface area is 121 Å². The molecule has 0 heterocycles. The highest BCUT2D eigenvalue weighted by molar-refractivity contribution is 5.92. The van der Waals surface area contributed by atoms with Crippen LogP contribution in [0.4, 0.5) is 0 Å². The van der Waals surface area contributed by atoms with Gasteiger partial charge in [-0.15, -0.1) is 0 Å². The molecule has 0 aliphatic heterocycles. The van der Waals surface area contributed by atoms with Gasteiger partial charge in [0.1, 0.15) is 0 Å². The zero-order valence-electron chi connectivity index (χ0n) is 12.2. The standard InChI is InChI=1S/C16H25N3O/c1-19(15-5-3-2-4-14(15)10-17)11-12-6-8-13(9-7-12)16(18)20/h6-9,14-15H,2-5,10-11,17H2,1H3,(H2,18,20). The Morgan fingerprint density at radius 2 is 1.90 bits per heavy atom. The average molecular weight is 275 g/mol. The van der Waals surface area contributed by atoms with Gasteiger partial charge in [-0.2, -0.15) is 0 Å². The number of carbonyl (C=O) groups is 1. The van der Waals surface area contributed by atoms with E-state index in [9.17, 15) is 4.79 Å². The molecule has 0 aromatic heterocycles.